The van der Waals surface area contributed by atoms with Gasteiger partial charge in [0.05, 0.1) is 5.75 Å². The zero-order valence-electron chi connectivity index (χ0n) is 11.4. The lowest BCUT2D eigenvalue weighted by Crippen LogP contribution is -2.34. The molecule has 0 bridgehead atoms. The standard InChI is InChI=1S/C14H22N2O2S/c1-2-8-16(10-12-6-7-12)19(17,18)11-13-4-3-5-14(15)9-13/h3-5,9,12H,2,6-8,10-11,15H2,1H3. The monoisotopic (exact) mass is 282 g/mol. The Morgan fingerprint density at radius 2 is 2.11 bits per heavy atom. The first-order valence-electron chi connectivity index (χ1n) is 6.83. The highest BCUT2D eigenvalue weighted by Crippen LogP contribution is 2.31. The van der Waals surface area contributed by atoms with Crippen molar-refractivity contribution in [2.45, 2.75) is 31.9 Å². The molecule has 1 aromatic rings. The van der Waals surface area contributed by atoms with E-state index in [1.165, 1.54) is 0 Å². The van der Waals surface area contributed by atoms with Crippen LogP contribution in [0.1, 0.15) is 31.7 Å². The summed E-state index contributed by atoms with van der Waals surface area (Å²) in [6.45, 7) is 3.30. The minimum Gasteiger partial charge on any atom is -0.399 e. The molecule has 0 spiro atoms. The van der Waals surface area contributed by atoms with Crippen molar-refractivity contribution in [1.82, 2.24) is 4.31 Å². The van der Waals surface area contributed by atoms with Crippen LogP contribution in [0.15, 0.2) is 24.3 Å². The van der Waals surface area contributed by atoms with E-state index < -0.39 is 10.0 Å². The molecule has 19 heavy (non-hydrogen) atoms. The number of hydrogen-bond donors (Lipinski definition) is 1. The van der Waals surface area contributed by atoms with E-state index >= 15 is 0 Å². The van der Waals surface area contributed by atoms with Gasteiger partial charge in [-0.3, -0.25) is 0 Å². The zero-order chi connectivity index (χ0) is 13.9. The third-order valence-electron chi connectivity index (χ3n) is 3.33. The van der Waals surface area contributed by atoms with E-state index in [0.29, 0.717) is 24.7 Å². The predicted molar refractivity (Wildman–Crippen MR) is 78.1 cm³/mol. The van der Waals surface area contributed by atoms with Gasteiger partial charge in [0.2, 0.25) is 10.0 Å². The fourth-order valence-electron chi connectivity index (χ4n) is 2.17. The van der Waals surface area contributed by atoms with E-state index in [1.54, 1.807) is 22.5 Å². The Hall–Kier alpha value is -1.07. The summed E-state index contributed by atoms with van der Waals surface area (Å²) in [4.78, 5) is 0. The fourth-order valence-corrected chi connectivity index (χ4v) is 3.85. The van der Waals surface area contributed by atoms with Crippen molar-refractivity contribution < 1.29 is 8.42 Å². The maximum Gasteiger partial charge on any atom is 0.218 e. The Bertz CT molecular complexity index is 524. The second-order valence-electron chi connectivity index (χ2n) is 5.30. The van der Waals surface area contributed by atoms with Crippen molar-refractivity contribution in [3.05, 3.63) is 29.8 Å². The molecule has 1 aliphatic rings. The summed E-state index contributed by atoms with van der Waals surface area (Å²) >= 11 is 0. The van der Waals surface area contributed by atoms with Crippen molar-refractivity contribution in [1.29, 1.82) is 0 Å². The van der Waals surface area contributed by atoms with E-state index in [9.17, 15) is 8.42 Å². The van der Waals surface area contributed by atoms with Gasteiger partial charge in [0.15, 0.2) is 0 Å². The van der Waals surface area contributed by atoms with Gasteiger partial charge in [0.1, 0.15) is 0 Å². The summed E-state index contributed by atoms with van der Waals surface area (Å²) < 4.78 is 26.5. The number of rotatable bonds is 7. The fraction of sp³-hybridized carbons (Fsp3) is 0.571. The average Bonchev–Trinajstić information content (AvgIpc) is 3.12. The Morgan fingerprint density at radius 1 is 1.37 bits per heavy atom. The molecule has 0 aliphatic heterocycles. The molecule has 0 aromatic heterocycles. The second-order valence-corrected chi connectivity index (χ2v) is 7.27. The lowest BCUT2D eigenvalue weighted by Gasteiger charge is -2.21. The highest BCUT2D eigenvalue weighted by molar-refractivity contribution is 7.88. The van der Waals surface area contributed by atoms with Crippen molar-refractivity contribution in [3.8, 4) is 0 Å². The first kappa shape index (κ1) is 14.3. The predicted octanol–water partition coefficient (Wildman–Crippen LogP) is 2.22. The van der Waals surface area contributed by atoms with Gasteiger partial charge in [-0.2, -0.15) is 0 Å². The maximum atomic E-state index is 12.4. The first-order chi connectivity index (χ1) is 9.01. The molecule has 1 aromatic carbocycles. The van der Waals surface area contributed by atoms with Crippen molar-refractivity contribution in [2.24, 2.45) is 5.92 Å². The molecule has 2 N–H and O–H groups in total. The Kier molecular flexibility index (Phi) is 4.47. The SMILES string of the molecule is CCCN(CC1CC1)S(=O)(=O)Cc1cccc(N)c1. The van der Waals surface area contributed by atoms with Gasteiger partial charge in [-0.1, -0.05) is 19.1 Å². The van der Waals surface area contributed by atoms with E-state index in [-0.39, 0.29) is 5.75 Å². The van der Waals surface area contributed by atoms with Crippen LogP contribution in [-0.4, -0.2) is 25.8 Å². The topological polar surface area (TPSA) is 63.4 Å². The zero-order valence-corrected chi connectivity index (χ0v) is 12.2. The highest BCUT2D eigenvalue weighted by Gasteiger charge is 2.30. The Balaban J connectivity index is 2.09. The van der Waals surface area contributed by atoms with E-state index in [4.69, 9.17) is 5.73 Å². The number of sulfonamides is 1. The molecule has 1 saturated carbocycles. The van der Waals surface area contributed by atoms with Gasteiger partial charge < -0.3 is 5.73 Å². The van der Waals surface area contributed by atoms with Crippen LogP contribution in [0, 0.1) is 5.92 Å². The number of anilines is 1. The molecular weight excluding hydrogens is 260 g/mol. The first-order valence-corrected chi connectivity index (χ1v) is 8.44. The van der Waals surface area contributed by atoms with Crippen molar-refractivity contribution >= 4 is 15.7 Å². The van der Waals surface area contributed by atoms with Crippen LogP contribution in [0.25, 0.3) is 0 Å². The molecule has 0 atom stereocenters. The van der Waals surface area contributed by atoms with Crippen molar-refractivity contribution in [2.75, 3.05) is 18.8 Å². The van der Waals surface area contributed by atoms with E-state index in [1.807, 2.05) is 13.0 Å². The average molecular weight is 282 g/mol. The quantitative estimate of drug-likeness (QED) is 0.780. The minimum atomic E-state index is -3.23. The van der Waals surface area contributed by atoms with Crippen molar-refractivity contribution in [3.63, 3.8) is 0 Å². The van der Waals surface area contributed by atoms with Crippen LogP contribution >= 0.6 is 0 Å². The second kappa shape index (κ2) is 5.92. The van der Waals surface area contributed by atoms with Crippen LogP contribution in [0.3, 0.4) is 0 Å². The van der Waals surface area contributed by atoms with Crippen LogP contribution in [0.5, 0.6) is 0 Å². The molecular formula is C14H22N2O2S. The molecule has 0 unspecified atom stereocenters. The van der Waals surface area contributed by atoms with Gasteiger partial charge in [-0.15, -0.1) is 0 Å². The highest BCUT2D eigenvalue weighted by atomic mass is 32.2. The van der Waals surface area contributed by atoms with E-state index in [0.717, 1.165) is 24.8 Å². The summed E-state index contributed by atoms with van der Waals surface area (Å²) in [5, 5.41) is 0. The maximum absolute atomic E-state index is 12.4. The number of hydrogen-bond acceptors (Lipinski definition) is 3. The lowest BCUT2D eigenvalue weighted by molar-refractivity contribution is 0.395. The van der Waals surface area contributed by atoms with Gasteiger partial charge >= 0.3 is 0 Å². The smallest absolute Gasteiger partial charge is 0.218 e. The number of nitrogens with zero attached hydrogens (tertiary/aromatic N) is 1. The van der Waals surface area contributed by atoms with E-state index in [2.05, 4.69) is 0 Å². The molecule has 0 radical (unpaired) electrons. The van der Waals surface area contributed by atoms with Crippen LogP contribution in [-0.2, 0) is 15.8 Å². The molecule has 1 aliphatic carbocycles. The third-order valence-corrected chi connectivity index (χ3v) is 5.14. The van der Waals surface area contributed by atoms with Gasteiger partial charge in [-0.25, -0.2) is 12.7 Å². The van der Waals surface area contributed by atoms with Crippen LogP contribution < -0.4 is 5.73 Å². The normalized spacial score (nSPS) is 15.9. The van der Waals surface area contributed by atoms with Gasteiger partial charge in [0, 0.05) is 18.8 Å². The van der Waals surface area contributed by atoms with Gasteiger partial charge in [-0.05, 0) is 42.9 Å². The summed E-state index contributed by atoms with van der Waals surface area (Å²) in [7, 11) is -3.23. The lowest BCUT2D eigenvalue weighted by atomic mass is 10.2. The number of nitrogens with two attached hydrogens (primary N) is 1. The Labute approximate surface area is 115 Å². The molecule has 2 rings (SSSR count). The molecule has 5 heteroatoms. The molecule has 0 saturated heterocycles. The minimum absolute atomic E-state index is 0.0464. The molecule has 106 valence electrons. The number of nitrogen functional groups attached to an aromatic ring is 1. The Morgan fingerprint density at radius 3 is 2.68 bits per heavy atom. The largest absolute Gasteiger partial charge is 0.399 e. The molecule has 1 fully saturated rings. The summed E-state index contributed by atoms with van der Waals surface area (Å²) in [5.74, 6) is 0.618. The summed E-state index contributed by atoms with van der Waals surface area (Å²) in [6.07, 6.45) is 3.17. The van der Waals surface area contributed by atoms with Crippen LogP contribution in [0.4, 0.5) is 5.69 Å². The molecule has 0 heterocycles. The van der Waals surface area contributed by atoms with Gasteiger partial charge in [0.25, 0.3) is 0 Å². The van der Waals surface area contributed by atoms with Crippen LogP contribution in [0.2, 0.25) is 0 Å². The summed E-state index contributed by atoms with van der Waals surface area (Å²) in [6, 6.07) is 7.11. The molecule has 0 amide bonds. The summed E-state index contributed by atoms with van der Waals surface area (Å²) in [5.41, 5.74) is 7.06. The molecule has 4 nitrogen and oxygen atoms in total. The number of benzene rings is 1. The third kappa shape index (κ3) is 4.21.